The van der Waals surface area contributed by atoms with Crippen molar-refractivity contribution < 1.29 is 76.8 Å². The molecule has 1 amide bonds. The van der Waals surface area contributed by atoms with Gasteiger partial charge in [0.1, 0.15) is 23.2 Å². The summed E-state index contributed by atoms with van der Waals surface area (Å²) in [5.74, 6) is -5.28. The minimum Gasteiger partial charge on any atom is -0.493 e. The number of aliphatic hydroxyl groups excluding tert-OH is 2. The monoisotopic (exact) mass is 1290 g/mol. The molecule has 80 heavy (non-hydrogen) atoms. The van der Waals surface area contributed by atoms with Crippen LogP contribution in [0.3, 0.4) is 0 Å². The van der Waals surface area contributed by atoms with Crippen LogP contribution in [0.5, 0.6) is 11.5 Å². The number of hydrogen-bond acceptors (Lipinski definition) is 19. The van der Waals surface area contributed by atoms with E-state index in [9.17, 15) is 19.8 Å². The number of hydrogen-bond donors (Lipinski definition) is 2. The maximum absolute atomic E-state index is 15.4. The standard InChI is InChI=1S/C57H80Cl2IN3O16S/c1-28-24-56(6,72-12)49-30(3)46(76-41-25-55(5,71-11)48(66)40(75-41)23-34-22-37(62(8)9)45(65)53(74-34)77-49)31(4)51(68)78-54(60)57(7)43(29(2)44(28)64)47(52(69)79-57)80-20-19-63(50(67)42-35(58)26-61-27-36(42)59)32-17-18-38(70-10)39(21-32)73-33-15-13-14-16-33/h17-18,21,26-31,33-34,37,40-41,43,45-49,53-54,65-66H,13-16,19-20,22-25H2,1-12H3/t28-,29-,30+,31-,34+,37+,40+,41+,43+,45-,46+,47+,48+,49-,53+,54+,55-,56-,57+/m1/s1. The highest BCUT2D eigenvalue weighted by Gasteiger charge is 2.62. The van der Waals surface area contributed by atoms with Gasteiger partial charge in [-0.2, -0.15) is 0 Å². The Morgan fingerprint density at radius 1 is 0.875 bits per heavy atom. The van der Waals surface area contributed by atoms with E-state index in [1.165, 1.54) is 43.3 Å². The number of anilines is 1. The molecule has 2 aromatic rings. The van der Waals surface area contributed by atoms with Gasteiger partial charge in [0.15, 0.2) is 33.8 Å². The molecule has 1 saturated carbocycles. The van der Waals surface area contributed by atoms with Crippen LogP contribution in [-0.4, -0.2) is 179 Å². The zero-order chi connectivity index (χ0) is 58.3. The molecule has 1 aromatic heterocycles. The van der Waals surface area contributed by atoms with Crippen molar-refractivity contribution in [2.24, 2.45) is 29.6 Å². The highest BCUT2D eigenvalue weighted by Crippen LogP contribution is 2.51. The third-order valence-corrected chi connectivity index (χ3v) is 21.2. The lowest BCUT2D eigenvalue weighted by molar-refractivity contribution is -0.339. The number of ether oxygens (including phenoxy) is 10. The van der Waals surface area contributed by atoms with Gasteiger partial charge in [0, 0.05) is 93.2 Å². The third kappa shape index (κ3) is 12.8. The quantitative estimate of drug-likeness (QED) is 0.116. The molecule has 19 atom stereocenters. The Hall–Kier alpha value is -2.65. The second kappa shape index (κ2) is 25.9. The van der Waals surface area contributed by atoms with Gasteiger partial charge in [0.2, 0.25) is 0 Å². The molecule has 2 N–H and O–H groups in total. The van der Waals surface area contributed by atoms with E-state index < -0.39 is 129 Å². The number of Topliss-reactive ketones (excluding diaryl/α,β-unsaturated/α-hetero) is 1. The topological polar surface area (TPSA) is 220 Å². The number of carbonyl (C=O) groups is 4. The van der Waals surface area contributed by atoms with Crippen molar-refractivity contribution in [2.75, 3.05) is 52.6 Å². The normalized spacial score (nSPS) is 39.2. The van der Waals surface area contributed by atoms with Gasteiger partial charge in [-0.3, -0.25) is 24.2 Å². The fraction of sp³-hybridized carbons (Fsp3) is 0.737. The summed E-state index contributed by atoms with van der Waals surface area (Å²) in [5.41, 5.74) is -3.53. The SMILES string of the molecule is COc1ccc(N(CCS[C@@H]2C(=O)O[C@@]3(C)[C@H]2[C@@H](C)C(=O)[C@H](C)C[C@@](C)(OC)[C@@H]2O[C@@H]4O[C@H](C[C@@H]5O[C@H](C[C@@](C)(OC)[C@H]5O)O[C@@H]([C@@H]2C)[C@@H](C)C(=O)O[C@@H]3I)C[C@H](N(C)C)[C@H]4O)C(=O)c2c(Cl)cncc2Cl)cc1OC1CCCC1. The summed E-state index contributed by atoms with van der Waals surface area (Å²) in [5, 5.41) is 23.0. The van der Waals surface area contributed by atoms with E-state index >= 15 is 9.59 Å². The first-order chi connectivity index (χ1) is 37.8. The number of benzene rings is 1. The van der Waals surface area contributed by atoms with Gasteiger partial charge in [-0.15, -0.1) is 11.8 Å². The van der Waals surface area contributed by atoms with Crippen LogP contribution >= 0.6 is 57.6 Å². The fourth-order valence-electron chi connectivity index (χ4n) is 13.1. The van der Waals surface area contributed by atoms with E-state index in [2.05, 4.69) is 4.98 Å². The fourth-order valence-corrected chi connectivity index (χ4v) is 15.9. The van der Waals surface area contributed by atoms with Crippen molar-refractivity contribution in [3.8, 4) is 11.5 Å². The number of carbonyl (C=O) groups excluding carboxylic acids is 4. The van der Waals surface area contributed by atoms with Gasteiger partial charge in [-0.05, 0) is 115 Å². The predicted octanol–water partition coefficient (Wildman–Crippen LogP) is 8.09. The van der Waals surface area contributed by atoms with E-state index in [1.807, 2.05) is 62.4 Å². The van der Waals surface area contributed by atoms with Crippen LogP contribution in [0.4, 0.5) is 5.69 Å². The number of fused-ring (bicyclic) bond motifs is 7. The number of amides is 1. The molecule has 6 bridgehead atoms. The summed E-state index contributed by atoms with van der Waals surface area (Å²) >= 11 is 16.4. The minimum atomic E-state index is -1.56. The summed E-state index contributed by atoms with van der Waals surface area (Å²) in [7, 11) is 8.33. The van der Waals surface area contributed by atoms with Gasteiger partial charge < -0.3 is 67.4 Å². The second-order valence-corrected chi connectivity index (χ2v) is 26.7. The Bertz CT molecular complexity index is 2530. The lowest BCUT2D eigenvalue weighted by atomic mass is 9.72. The van der Waals surface area contributed by atoms with E-state index in [1.54, 1.807) is 53.0 Å². The lowest BCUT2D eigenvalue weighted by Crippen LogP contribution is -2.63. The number of halogens is 3. The Balaban J connectivity index is 1.15. The minimum absolute atomic E-state index is 0.0231. The number of aromatic nitrogens is 1. The van der Waals surface area contributed by atoms with Crippen molar-refractivity contribution in [3.05, 3.63) is 46.2 Å². The van der Waals surface area contributed by atoms with Crippen molar-refractivity contribution >= 4 is 86.9 Å². The molecular formula is C57H80Cl2IN3O16S. The Labute approximate surface area is 497 Å². The number of alkyl halides is 1. The number of methoxy groups -OCH3 is 3. The van der Waals surface area contributed by atoms with Gasteiger partial charge >= 0.3 is 11.9 Å². The third-order valence-electron chi connectivity index (χ3n) is 17.9. The smallest absolute Gasteiger partial charge is 0.320 e. The summed E-state index contributed by atoms with van der Waals surface area (Å²) in [4.78, 5) is 67.2. The van der Waals surface area contributed by atoms with Crippen molar-refractivity contribution in [2.45, 2.75) is 187 Å². The molecule has 5 aliphatic heterocycles. The van der Waals surface area contributed by atoms with Crippen LogP contribution in [0.25, 0.3) is 0 Å². The zero-order valence-electron chi connectivity index (χ0n) is 47.8. The van der Waals surface area contributed by atoms with E-state index in [0.717, 1.165) is 25.7 Å². The molecule has 0 unspecified atom stereocenters. The van der Waals surface area contributed by atoms with Crippen LogP contribution < -0.4 is 14.4 Å². The van der Waals surface area contributed by atoms with Crippen LogP contribution in [0, 0.1) is 29.6 Å². The molecule has 6 heterocycles. The van der Waals surface area contributed by atoms with E-state index in [4.69, 9.17) is 70.6 Å². The average molecular weight is 1290 g/mol. The summed E-state index contributed by atoms with van der Waals surface area (Å²) < 4.78 is 63.6. The van der Waals surface area contributed by atoms with Crippen molar-refractivity contribution in [1.82, 2.24) is 9.88 Å². The highest BCUT2D eigenvalue weighted by atomic mass is 127. The Morgan fingerprint density at radius 2 is 1.55 bits per heavy atom. The van der Waals surface area contributed by atoms with Gasteiger partial charge in [-0.1, -0.05) is 44.0 Å². The first-order valence-corrected chi connectivity index (χ1v) is 30.8. The molecule has 6 fully saturated rings. The number of thioether (sulfide) groups is 1. The number of pyridine rings is 1. The number of likely N-dealkylation sites (N-methyl/N-ethyl adjacent to an activating group) is 1. The van der Waals surface area contributed by atoms with E-state index in [0.29, 0.717) is 23.6 Å². The summed E-state index contributed by atoms with van der Waals surface area (Å²) in [6, 6.07) is 4.77. The second-order valence-electron chi connectivity index (χ2n) is 23.5. The van der Waals surface area contributed by atoms with Crippen LogP contribution in [0.1, 0.15) is 110 Å². The van der Waals surface area contributed by atoms with E-state index in [-0.39, 0.29) is 59.1 Å². The number of aliphatic hydroxyl groups is 2. The molecule has 1 aromatic carbocycles. The van der Waals surface area contributed by atoms with Crippen molar-refractivity contribution in [1.29, 1.82) is 0 Å². The molecule has 0 radical (unpaired) electrons. The molecule has 1 aliphatic carbocycles. The van der Waals surface area contributed by atoms with Crippen molar-refractivity contribution in [3.63, 3.8) is 0 Å². The average Bonchev–Trinajstić information content (AvgIpc) is 4.23. The lowest BCUT2D eigenvalue weighted by Gasteiger charge is -2.52. The molecule has 5 saturated heterocycles. The maximum Gasteiger partial charge on any atom is 0.320 e. The van der Waals surface area contributed by atoms with Gasteiger partial charge in [0.05, 0.1) is 70.4 Å². The molecule has 19 nitrogen and oxygen atoms in total. The molecule has 8 rings (SSSR count). The van der Waals surface area contributed by atoms with Crippen LogP contribution in [0.2, 0.25) is 10.0 Å². The number of esters is 2. The molecule has 446 valence electrons. The summed E-state index contributed by atoms with van der Waals surface area (Å²) in [6.07, 6.45) is -0.711. The Morgan fingerprint density at radius 3 is 2.19 bits per heavy atom. The molecule has 6 aliphatic rings. The maximum atomic E-state index is 15.4. The van der Waals surface area contributed by atoms with Gasteiger partial charge in [0.25, 0.3) is 5.91 Å². The zero-order valence-corrected chi connectivity index (χ0v) is 52.3. The van der Waals surface area contributed by atoms with Crippen LogP contribution in [0.15, 0.2) is 30.6 Å². The molecule has 23 heteroatoms. The highest BCUT2D eigenvalue weighted by molar-refractivity contribution is 14.1. The van der Waals surface area contributed by atoms with Crippen LogP contribution in [-0.2, 0) is 52.3 Å². The molecule has 0 spiro atoms. The van der Waals surface area contributed by atoms with Gasteiger partial charge in [-0.25, -0.2) is 0 Å². The number of ketones is 1. The number of rotatable bonds is 12. The first-order valence-electron chi connectivity index (χ1n) is 27.7. The molecular weight excluding hydrogens is 1210 g/mol. The Kier molecular flexibility index (Phi) is 20.5. The first kappa shape index (κ1) is 63.4. The number of cyclic esters (lactones) is 1. The predicted molar refractivity (Wildman–Crippen MR) is 307 cm³/mol. The summed E-state index contributed by atoms with van der Waals surface area (Å²) in [6.45, 7) is 12.4. The number of nitrogens with zero attached hydrogens (tertiary/aromatic N) is 3. The largest absolute Gasteiger partial charge is 0.493 e.